The Labute approximate surface area is 134 Å². The molecule has 1 nitrogen and oxygen atoms in total. The van der Waals surface area contributed by atoms with Gasteiger partial charge in [-0.25, -0.2) is 4.39 Å². The van der Waals surface area contributed by atoms with Crippen LogP contribution in [0.2, 0.25) is 5.02 Å². The Balaban J connectivity index is 2.06. The summed E-state index contributed by atoms with van der Waals surface area (Å²) in [6.07, 6.45) is 1.07. The first kappa shape index (κ1) is 16.3. The molecule has 0 aliphatic heterocycles. The van der Waals surface area contributed by atoms with Crippen LogP contribution in [-0.4, -0.2) is 12.3 Å². The maximum absolute atomic E-state index is 12.9. The monoisotopic (exact) mass is 323 g/mol. The largest absolute Gasteiger partial charge is 0.309 e. The third-order valence-corrected chi connectivity index (χ3v) is 4.60. The van der Waals surface area contributed by atoms with E-state index in [1.165, 1.54) is 12.1 Å². The van der Waals surface area contributed by atoms with Crippen molar-refractivity contribution in [1.82, 2.24) is 5.32 Å². The standard InChI is InChI=1S/C17H19ClFNS/c1-2-11-20-17(15-5-3-4-6-16(15)18)12-21-14-9-7-13(19)8-10-14/h3-10,17,20H,2,11-12H2,1H3. The van der Waals surface area contributed by atoms with E-state index in [9.17, 15) is 4.39 Å². The Kier molecular flexibility index (Phi) is 6.55. The average molecular weight is 324 g/mol. The van der Waals surface area contributed by atoms with Crippen LogP contribution in [0.3, 0.4) is 0 Å². The smallest absolute Gasteiger partial charge is 0.123 e. The van der Waals surface area contributed by atoms with Gasteiger partial charge in [0.1, 0.15) is 5.82 Å². The second-order valence-electron chi connectivity index (χ2n) is 4.79. The van der Waals surface area contributed by atoms with E-state index in [0.717, 1.165) is 34.2 Å². The fraction of sp³-hybridized carbons (Fsp3) is 0.294. The van der Waals surface area contributed by atoms with Crippen LogP contribution >= 0.6 is 23.4 Å². The molecule has 1 unspecified atom stereocenters. The van der Waals surface area contributed by atoms with Crippen molar-refractivity contribution in [2.24, 2.45) is 0 Å². The summed E-state index contributed by atoms with van der Waals surface area (Å²) >= 11 is 8.00. The molecule has 0 aliphatic rings. The molecule has 1 N–H and O–H groups in total. The second kappa shape index (κ2) is 8.42. The summed E-state index contributed by atoms with van der Waals surface area (Å²) in [5.41, 5.74) is 1.11. The highest BCUT2D eigenvalue weighted by molar-refractivity contribution is 7.99. The molecule has 0 fully saturated rings. The van der Waals surface area contributed by atoms with Crippen LogP contribution in [0.1, 0.15) is 24.9 Å². The minimum atomic E-state index is -0.203. The van der Waals surface area contributed by atoms with Gasteiger partial charge >= 0.3 is 0 Å². The molecule has 21 heavy (non-hydrogen) atoms. The molecule has 0 aromatic heterocycles. The number of hydrogen-bond acceptors (Lipinski definition) is 2. The van der Waals surface area contributed by atoms with Gasteiger partial charge in [0, 0.05) is 21.7 Å². The van der Waals surface area contributed by atoms with Crippen LogP contribution in [0, 0.1) is 5.82 Å². The average Bonchev–Trinajstić information content (AvgIpc) is 2.50. The predicted molar refractivity (Wildman–Crippen MR) is 89.6 cm³/mol. The molecule has 0 saturated carbocycles. The molecule has 0 aliphatic carbocycles. The first-order chi connectivity index (χ1) is 10.2. The van der Waals surface area contributed by atoms with E-state index in [-0.39, 0.29) is 11.9 Å². The SMILES string of the molecule is CCCNC(CSc1ccc(F)cc1)c1ccccc1Cl. The summed E-state index contributed by atoms with van der Waals surface area (Å²) in [6.45, 7) is 3.09. The predicted octanol–water partition coefficient (Wildman–Crippen LogP) is 5.31. The Bertz CT molecular complexity index is 559. The zero-order valence-electron chi connectivity index (χ0n) is 12.0. The highest BCUT2D eigenvalue weighted by Gasteiger charge is 2.14. The van der Waals surface area contributed by atoms with Gasteiger partial charge in [-0.1, -0.05) is 36.7 Å². The number of thioether (sulfide) groups is 1. The molecular formula is C17H19ClFNS. The Morgan fingerprint density at radius 2 is 1.86 bits per heavy atom. The maximum Gasteiger partial charge on any atom is 0.123 e. The molecule has 0 spiro atoms. The Morgan fingerprint density at radius 1 is 1.14 bits per heavy atom. The van der Waals surface area contributed by atoms with E-state index in [2.05, 4.69) is 18.3 Å². The first-order valence-corrected chi connectivity index (χ1v) is 8.43. The molecule has 2 aromatic carbocycles. The van der Waals surface area contributed by atoms with Crippen LogP contribution in [0.25, 0.3) is 0 Å². The van der Waals surface area contributed by atoms with Crippen LogP contribution in [0.15, 0.2) is 53.4 Å². The van der Waals surface area contributed by atoms with Crippen LogP contribution in [0.4, 0.5) is 4.39 Å². The number of benzene rings is 2. The van der Waals surface area contributed by atoms with E-state index < -0.39 is 0 Å². The van der Waals surface area contributed by atoms with Crippen molar-refractivity contribution in [2.45, 2.75) is 24.3 Å². The Morgan fingerprint density at radius 3 is 2.52 bits per heavy atom. The van der Waals surface area contributed by atoms with Gasteiger partial charge in [0.15, 0.2) is 0 Å². The summed E-state index contributed by atoms with van der Waals surface area (Å²) in [5, 5.41) is 4.31. The number of hydrogen-bond donors (Lipinski definition) is 1. The summed E-state index contributed by atoms with van der Waals surface area (Å²) in [6, 6.07) is 14.7. The summed E-state index contributed by atoms with van der Waals surface area (Å²) in [7, 11) is 0. The van der Waals surface area contributed by atoms with E-state index in [0.29, 0.717) is 0 Å². The molecule has 4 heteroatoms. The van der Waals surface area contributed by atoms with Gasteiger partial charge in [-0.15, -0.1) is 11.8 Å². The second-order valence-corrected chi connectivity index (χ2v) is 6.29. The van der Waals surface area contributed by atoms with Crippen molar-refractivity contribution in [3.8, 4) is 0 Å². The third-order valence-electron chi connectivity index (χ3n) is 3.15. The van der Waals surface area contributed by atoms with Crippen molar-refractivity contribution < 1.29 is 4.39 Å². The third kappa shape index (κ3) is 5.03. The number of nitrogens with one attached hydrogen (secondary N) is 1. The van der Waals surface area contributed by atoms with Gasteiger partial charge in [-0.2, -0.15) is 0 Å². The molecule has 0 radical (unpaired) electrons. The lowest BCUT2D eigenvalue weighted by atomic mass is 10.1. The Hall–Kier alpha value is -1.03. The topological polar surface area (TPSA) is 12.0 Å². The number of rotatable bonds is 7. The number of halogens is 2. The van der Waals surface area contributed by atoms with E-state index >= 15 is 0 Å². The fourth-order valence-electron chi connectivity index (χ4n) is 2.05. The first-order valence-electron chi connectivity index (χ1n) is 7.07. The van der Waals surface area contributed by atoms with Crippen LogP contribution < -0.4 is 5.32 Å². The summed E-state index contributed by atoms with van der Waals surface area (Å²) in [4.78, 5) is 1.06. The lowest BCUT2D eigenvalue weighted by Crippen LogP contribution is -2.24. The molecule has 1 atom stereocenters. The zero-order valence-corrected chi connectivity index (χ0v) is 13.6. The molecule has 0 bridgehead atoms. The van der Waals surface area contributed by atoms with Gasteiger partial charge in [-0.3, -0.25) is 0 Å². The van der Waals surface area contributed by atoms with Crippen molar-refractivity contribution >= 4 is 23.4 Å². The molecule has 2 rings (SSSR count). The van der Waals surface area contributed by atoms with Crippen molar-refractivity contribution in [3.63, 3.8) is 0 Å². The minimum absolute atomic E-state index is 0.189. The van der Waals surface area contributed by atoms with Gasteiger partial charge in [0.05, 0.1) is 0 Å². The van der Waals surface area contributed by atoms with Crippen molar-refractivity contribution in [1.29, 1.82) is 0 Å². The summed E-state index contributed by atoms with van der Waals surface area (Å²) < 4.78 is 12.9. The molecule has 0 saturated heterocycles. The maximum atomic E-state index is 12.9. The van der Waals surface area contributed by atoms with E-state index in [4.69, 9.17) is 11.6 Å². The molecule has 112 valence electrons. The van der Waals surface area contributed by atoms with Crippen LogP contribution in [-0.2, 0) is 0 Å². The molecule has 2 aromatic rings. The van der Waals surface area contributed by atoms with Gasteiger partial charge in [-0.05, 0) is 48.9 Å². The normalized spacial score (nSPS) is 12.3. The van der Waals surface area contributed by atoms with Gasteiger partial charge in [0.25, 0.3) is 0 Å². The van der Waals surface area contributed by atoms with Gasteiger partial charge in [0.2, 0.25) is 0 Å². The fourth-order valence-corrected chi connectivity index (χ4v) is 3.30. The van der Waals surface area contributed by atoms with E-state index in [1.807, 2.05) is 30.3 Å². The van der Waals surface area contributed by atoms with Crippen LogP contribution in [0.5, 0.6) is 0 Å². The van der Waals surface area contributed by atoms with Crippen molar-refractivity contribution in [3.05, 3.63) is 64.9 Å². The lowest BCUT2D eigenvalue weighted by Gasteiger charge is -2.20. The van der Waals surface area contributed by atoms with Crippen molar-refractivity contribution in [2.75, 3.05) is 12.3 Å². The van der Waals surface area contributed by atoms with Gasteiger partial charge < -0.3 is 5.32 Å². The summed E-state index contributed by atoms with van der Waals surface area (Å²) in [5.74, 6) is 0.654. The molecular weight excluding hydrogens is 305 g/mol. The quantitative estimate of drug-likeness (QED) is 0.693. The molecule has 0 amide bonds. The molecule has 0 heterocycles. The highest BCUT2D eigenvalue weighted by atomic mass is 35.5. The zero-order chi connectivity index (χ0) is 15.1. The lowest BCUT2D eigenvalue weighted by molar-refractivity contribution is 0.577. The van der Waals surface area contributed by atoms with E-state index in [1.54, 1.807) is 11.8 Å². The highest BCUT2D eigenvalue weighted by Crippen LogP contribution is 2.28. The minimum Gasteiger partial charge on any atom is -0.309 e.